The third-order valence-electron chi connectivity index (χ3n) is 3.73. The van der Waals surface area contributed by atoms with E-state index in [0.29, 0.717) is 12.1 Å². The molecular weight excluding hydrogens is 272 g/mol. The van der Waals surface area contributed by atoms with Crippen LogP contribution in [-0.2, 0) is 6.42 Å². The number of rotatable bonds is 2. The van der Waals surface area contributed by atoms with Crippen LogP contribution >= 0.6 is 0 Å². The number of aromatic hydroxyl groups is 2. The van der Waals surface area contributed by atoms with Gasteiger partial charge in [-0.25, -0.2) is 0 Å². The number of nitrogens with one attached hydrogen (secondary N) is 1. The molecule has 1 aliphatic rings. The van der Waals surface area contributed by atoms with Gasteiger partial charge in [-0.2, -0.15) is 0 Å². The van der Waals surface area contributed by atoms with E-state index in [1.165, 1.54) is 18.2 Å². The number of nitrogens with zero attached hydrogens (tertiary/aromatic N) is 1. The molecule has 1 atom stereocenters. The molecule has 0 fully saturated rings. The van der Waals surface area contributed by atoms with Gasteiger partial charge in [0.25, 0.3) is 0 Å². The van der Waals surface area contributed by atoms with Crippen molar-refractivity contribution >= 4 is 5.69 Å². The van der Waals surface area contributed by atoms with E-state index in [9.17, 15) is 10.2 Å². The molecule has 6 heteroatoms. The van der Waals surface area contributed by atoms with Crippen LogP contribution in [0.1, 0.15) is 22.7 Å². The first-order valence-electron chi connectivity index (χ1n) is 6.62. The summed E-state index contributed by atoms with van der Waals surface area (Å²) in [6.07, 6.45) is 0.785. The zero-order valence-electron chi connectivity index (χ0n) is 11.2. The maximum Gasteiger partial charge on any atom is 0.120 e. The summed E-state index contributed by atoms with van der Waals surface area (Å²) < 4.78 is 0. The Morgan fingerprint density at radius 2 is 1.81 bits per heavy atom. The summed E-state index contributed by atoms with van der Waals surface area (Å²) in [7, 11) is 0. The predicted molar refractivity (Wildman–Crippen MR) is 75.8 cm³/mol. The zero-order chi connectivity index (χ0) is 15.0. The third kappa shape index (κ3) is 2.52. The molecular formula is C15H16N2O4. The number of hydrogen-bond donors (Lipinski definition) is 5. The van der Waals surface area contributed by atoms with Crippen molar-refractivity contribution in [1.82, 2.24) is 5.32 Å². The van der Waals surface area contributed by atoms with Crippen LogP contribution in [0.5, 0.6) is 11.5 Å². The van der Waals surface area contributed by atoms with Crippen molar-refractivity contribution in [3.05, 3.63) is 53.1 Å². The summed E-state index contributed by atoms with van der Waals surface area (Å²) in [5.74, 6) is 0.281. The smallest absolute Gasteiger partial charge is 0.120 e. The summed E-state index contributed by atoms with van der Waals surface area (Å²) in [5.41, 5.74) is 2.67. The van der Waals surface area contributed by atoms with Crippen LogP contribution in [0.3, 0.4) is 0 Å². The molecule has 21 heavy (non-hydrogen) atoms. The molecule has 2 aromatic rings. The Labute approximate surface area is 121 Å². The average molecular weight is 288 g/mol. The van der Waals surface area contributed by atoms with Gasteiger partial charge >= 0.3 is 0 Å². The van der Waals surface area contributed by atoms with Crippen molar-refractivity contribution in [2.75, 3.05) is 11.8 Å². The van der Waals surface area contributed by atoms with Crippen molar-refractivity contribution in [3.8, 4) is 11.5 Å². The van der Waals surface area contributed by atoms with Crippen LogP contribution in [0.15, 0.2) is 36.4 Å². The van der Waals surface area contributed by atoms with Gasteiger partial charge in [0.05, 0.1) is 11.7 Å². The van der Waals surface area contributed by atoms with Gasteiger partial charge in [-0.1, -0.05) is 6.07 Å². The van der Waals surface area contributed by atoms with Crippen LogP contribution in [0.4, 0.5) is 5.69 Å². The summed E-state index contributed by atoms with van der Waals surface area (Å²) in [6.45, 7) is 0.701. The second kappa shape index (κ2) is 5.25. The number of anilines is 1. The minimum atomic E-state index is -0.269. The van der Waals surface area contributed by atoms with Crippen LogP contribution in [0.2, 0.25) is 0 Å². The van der Waals surface area contributed by atoms with Crippen LogP contribution in [-0.4, -0.2) is 27.2 Å². The monoisotopic (exact) mass is 288 g/mol. The Balaban J connectivity index is 2.08. The van der Waals surface area contributed by atoms with Gasteiger partial charge < -0.3 is 15.5 Å². The van der Waals surface area contributed by atoms with Crippen molar-refractivity contribution in [1.29, 1.82) is 0 Å². The highest BCUT2D eigenvalue weighted by atomic mass is 16.8. The molecule has 110 valence electrons. The predicted octanol–water partition coefficient (Wildman–Crippen LogP) is 1.92. The van der Waals surface area contributed by atoms with E-state index in [0.717, 1.165) is 17.5 Å². The third-order valence-corrected chi connectivity index (χ3v) is 3.73. The number of hydrogen-bond acceptors (Lipinski definition) is 6. The molecule has 0 saturated heterocycles. The highest BCUT2D eigenvalue weighted by Gasteiger charge is 2.24. The molecule has 0 amide bonds. The van der Waals surface area contributed by atoms with Crippen molar-refractivity contribution in [3.63, 3.8) is 0 Å². The Kier molecular flexibility index (Phi) is 3.42. The molecule has 0 aliphatic carbocycles. The molecule has 1 heterocycles. The maximum atomic E-state index is 10.1. The van der Waals surface area contributed by atoms with Crippen molar-refractivity contribution in [2.24, 2.45) is 0 Å². The highest BCUT2D eigenvalue weighted by Crippen LogP contribution is 2.36. The average Bonchev–Trinajstić information content (AvgIpc) is 2.46. The summed E-state index contributed by atoms with van der Waals surface area (Å²) >= 11 is 0. The van der Waals surface area contributed by atoms with E-state index < -0.39 is 0 Å². The van der Waals surface area contributed by atoms with Crippen LogP contribution < -0.4 is 10.5 Å². The van der Waals surface area contributed by atoms with Gasteiger partial charge in [-0.15, -0.1) is 5.23 Å². The molecule has 1 aliphatic heterocycles. The van der Waals surface area contributed by atoms with Gasteiger partial charge in [-0.05, 0) is 47.9 Å². The second-order valence-corrected chi connectivity index (χ2v) is 5.05. The minimum Gasteiger partial charge on any atom is -0.508 e. The molecule has 2 aromatic carbocycles. The summed E-state index contributed by atoms with van der Waals surface area (Å²) in [4.78, 5) is 0. The Morgan fingerprint density at radius 3 is 2.57 bits per heavy atom. The van der Waals surface area contributed by atoms with Gasteiger partial charge in [0.2, 0.25) is 0 Å². The molecule has 0 unspecified atom stereocenters. The normalized spacial score (nSPS) is 17.3. The van der Waals surface area contributed by atoms with Gasteiger partial charge in [0.15, 0.2) is 0 Å². The number of phenols is 2. The van der Waals surface area contributed by atoms with Gasteiger partial charge in [-0.3, -0.25) is 10.4 Å². The van der Waals surface area contributed by atoms with Crippen molar-refractivity contribution in [2.45, 2.75) is 12.5 Å². The minimum absolute atomic E-state index is 0.0174. The van der Waals surface area contributed by atoms with E-state index in [1.807, 2.05) is 6.07 Å². The fourth-order valence-electron chi connectivity index (χ4n) is 2.73. The SMILES string of the molecule is Oc1ccc2c(c1)CCN[C@H]2c1cc(N(O)O)ccc1O. The zero-order valence-corrected chi connectivity index (χ0v) is 11.2. The molecule has 3 rings (SSSR count). The lowest BCUT2D eigenvalue weighted by Gasteiger charge is -2.28. The topological polar surface area (TPSA) is 96.2 Å². The van der Waals surface area contributed by atoms with E-state index in [2.05, 4.69) is 5.32 Å². The molecule has 0 bridgehead atoms. The Hall–Kier alpha value is -2.28. The Morgan fingerprint density at radius 1 is 1.00 bits per heavy atom. The first kappa shape index (κ1) is 13.7. The summed E-state index contributed by atoms with van der Waals surface area (Å²) in [5, 5.41) is 41.2. The molecule has 0 saturated carbocycles. The van der Waals surface area contributed by atoms with Crippen LogP contribution in [0, 0.1) is 0 Å². The molecule has 6 nitrogen and oxygen atoms in total. The van der Waals surface area contributed by atoms with E-state index >= 15 is 0 Å². The second-order valence-electron chi connectivity index (χ2n) is 5.05. The van der Waals surface area contributed by atoms with E-state index in [1.54, 1.807) is 12.1 Å². The largest absolute Gasteiger partial charge is 0.508 e. The van der Waals surface area contributed by atoms with E-state index in [-0.39, 0.29) is 28.5 Å². The van der Waals surface area contributed by atoms with Gasteiger partial charge in [0, 0.05) is 12.1 Å². The fourth-order valence-corrected chi connectivity index (χ4v) is 2.73. The molecule has 0 spiro atoms. The van der Waals surface area contributed by atoms with E-state index in [4.69, 9.17) is 10.4 Å². The molecule has 0 radical (unpaired) electrons. The lowest BCUT2D eigenvalue weighted by molar-refractivity contribution is 0.0291. The number of fused-ring (bicyclic) bond motifs is 1. The lowest BCUT2D eigenvalue weighted by atomic mass is 9.89. The van der Waals surface area contributed by atoms with Gasteiger partial charge in [0.1, 0.15) is 11.5 Å². The summed E-state index contributed by atoms with van der Waals surface area (Å²) in [6, 6.07) is 9.19. The molecule has 5 N–H and O–H groups in total. The first-order valence-corrected chi connectivity index (χ1v) is 6.62. The Bertz CT molecular complexity index is 673. The quantitative estimate of drug-likeness (QED) is 0.542. The van der Waals surface area contributed by atoms with Crippen molar-refractivity contribution < 1.29 is 20.6 Å². The number of phenolic OH excluding ortho intramolecular Hbond substituents is 2. The van der Waals surface area contributed by atoms with Crippen LogP contribution in [0.25, 0.3) is 0 Å². The number of benzene rings is 2. The maximum absolute atomic E-state index is 10.1. The first-order chi connectivity index (χ1) is 10.1. The fraction of sp³-hybridized carbons (Fsp3) is 0.200. The molecule has 0 aromatic heterocycles. The highest BCUT2D eigenvalue weighted by molar-refractivity contribution is 5.54. The standard InChI is InChI=1S/C15H16N2O4/c18-11-2-3-12-9(7-11)5-6-16-15(12)13-8-10(17(20)21)1-4-14(13)19/h1-4,7-8,15-16,18-21H,5-6H2/t15-/m1/s1. The lowest BCUT2D eigenvalue weighted by Crippen LogP contribution is -2.30.